The number of nitrogens with zero attached hydrogens (tertiary/aromatic N) is 3. The van der Waals surface area contributed by atoms with E-state index in [1.807, 2.05) is 61.8 Å². The Morgan fingerprint density at radius 1 is 1.27 bits per heavy atom. The molecular formula is C19H19BrN4O2. The summed E-state index contributed by atoms with van der Waals surface area (Å²) in [5, 5.41) is 4.45. The molecule has 26 heavy (non-hydrogen) atoms. The molecule has 3 rings (SSSR count). The first kappa shape index (κ1) is 18.0. The van der Waals surface area contributed by atoms with Crippen LogP contribution in [0.5, 0.6) is 5.75 Å². The molecule has 6 nitrogen and oxygen atoms in total. The van der Waals surface area contributed by atoms with Gasteiger partial charge in [-0.25, -0.2) is 4.79 Å². The van der Waals surface area contributed by atoms with Crippen LogP contribution >= 0.6 is 15.9 Å². The number of hydrogen-bond acceptors (Lipinski definition) is 3. The molecule has 0 aliphatic rings. The minimum Gasteiger partial charge on any atom is -0.497 e. The zero-order valence-corrected chi connectivity index (χ0v) is 16.1. The second kappa shape index (κ2) is 7.61. The highest BCUT2D eigenvalue weighted by molar-refractivity contribution is 9.10. The van der Waals surface area contributed by atoms with Gasteiger partial charge < -0.3 is 10.5 Å². The quantitative estimate of drug-likeness (QED) is 0.686. The third kappa shape index (κ3) is 3.88. The lowest BCUT2D eigenvalue weighted by molar-refractivity contribution is 0.253. The zero-order chi connectivity index (χ0) is 18.7. The van der Waals surface area contributed by atoms with Crippen molar-refractivity contribution < 1.29 is 9.53 Å². The number of aryl methyl sites for hydroxylation is 1. The number of hydrogen-bond donors (Lipinski definition) is 1. The highest BCUT2D eigenvalue weighted by Gasteiger charge is 2.15. The minimum absolute atomic E-state index is 0.367. The van der Waals surface area contributed by atoms with Crippen molar-refractivity contribution in [2.45, 2.75) is 6.54 Å². The highest BCUT2D eigenvalue weighted by Crippen LogP contribution is 2.30. The fraction of sp³-hybridized carbons (Fsp3) is 0.158. The van der Waals surface area contributed by atoms with Crippen molar-refractivity contribution in [2.75, 3.05) is 12.0 Å². The van der Waals surface area contributed by atoms with Crippen LogP contribution in [0.15, 0.2) is 59.2 Å². The summed E-state index contributed by atoms with van der Waals surface area (Å²) >= 11 is 3.51. The van der Waals surface area contributed by atoms with Crippen LogP contribution in [-0.4, -0.2) is 22.9 Å². The van der Waals surface area contributed by atoms with Crippen LogP contribution < -0.4 is 15.4 Å². The summed E-state index contributed by atoms with van der Waals surface area (Å²) in [5.74, 6) is 0.765. The minimum atomic E-state index is -0.516. The number of carbonyl (C=O) groups is 1. The first-order chi connectivity index (χ1) is 12.5. The lowest BCUT2D eigenvalue weighted by Crippen LogP contribution is -2.35. The molecule has 0 aliphatic carbocycles. The molecule has 0 bridgehead atoms. The Bertz CT molecular complexity index is 922. The Morgan fingerprint density at radius 2 is 2.00 bits per heavy atom. The van der Waals surface area contributed by atoms with Crippen molar-refractivity contribution >= 4 is 27.6 Å². The molecule has 3 aromatic rings. The van der Waals surface area contributed by atoms with E-state index in [1.165, 1.54) is 4.90 Å². The number of ether oxygens (including phenoxy) is 1. The number of anilines is 1. The molecule has 0 aliphatic heterocycles. The Kier molecular flexibility index (Phi) is 5.27. The number of aromatic nitrogens is 2. The van der Waals surface area contributed by atoms with Crippen LogP contribution in [-0.2, 0) is 13.6 Å². The number of methoxy groups -OCH3 is 1. The third-order valence-corrected chi connectivity index (χ3v) is 4.56. The van der Waals surface area contributed by atoms with E-state index in [2.05, 4.69) is 21.0 Å². The van der Waals surface area contributed by atoms with Gasteiger partial charge in [0, 0.05) is 24.5 Å². The monoisotopic (exact) mass is 414 g/mol. The maximum absolute atomic E-state index is 12.0. The highest BCUT2D eigenvalue weighted by atomic mass is 79.9. The van der Waals surface area contributed by atoms with Gasteiger partial charge in [-0.3, -0.25) is 9.58 Å². The molecule has 2 N–H and O–H groups in total. The number of benzene rings is 2. The molecule has 0 radical (unpaired) electrons. The van der Waals surface area contributed by atoms with Crippen LogP contribution in [0.1, 0.15) is 5.56 Å². The van der Waals surface area contributed by atoms with E-state index in [1.54, 1.807) is 11.8 Å². The van der Waals surface area contributed by atoms with E-state index < -0.39 is 6.03 Å². The summed E-state index contributed by atoms with van der Waals surface area (Å²) < 4.78 is 7.78. The molecule has 0 atom stereocenters. The van der Waals surface area contributed by atoms with E-state index in [0.717, 1.165) is 27.0 Å². The van der Waals surface area contributed by atoms with Gasteiger partial charge in [-0.2, -0.15) is 5.10 Å². The molecule has 134 valence electrons. The fourth-order valence-electron chi connectivity index (χ4n) is 2.69. The fourth-order valence-corrected chi connectivity index (χ4v) is 3.29. The lowest BCUT2D eigenvalue weighted by atomic mass is 10.1. The lowest BCUT2D eigenvalue weighted by Gasteiger charge is -2.21. The molecule has 0 fully saturated rings. The summed E-state index contributed by atoms with van der Waals surface area (Å²) in [4.78, 5) is 13.6. The Morgan fingerprint density at radius 3 is 2.58 bits per heavy atom. The zero-order valence-electron chi connectivity index (χ0n) is 14.5. The maximum atomic E-state index is 12.0. The molecule has 0 saturated carbocycles. The van der Waals surface area contributed by atoms with Crippen LogP contribution in [0.2, 0.25) is 0 Å². The largest absolute Gasteiger partial charge is 0.497 e. The number of rotatable bonds is 5. The third-order valence-electron chi connectivity index (χ3n) is 3.98. The van der Waals surface area contributed by atoms with Gasteiger partial charge in [0.25, 0.3) is 0 Å². The number of nitrogens with two attached hydrogens (primary N) is 1. The number of amides is 2. The van der Waals surface area contributed by atoms with Crippen molar-refractivity contribution in [2.24, 2.45) is 12.8 Å². The smallest absolute Gasteiger partial charge is 0.319 e. The van der Waals surface area contributed by atoms with Crippen LogP contribution in [0.4, 0.5) is 10.5 Å². The first-order valence-electron chi connectivity index (χ1n) is 7.97. The van der Waals surface area contributed by atoms with Crippen molar-refractivity contribution in [3.63, 3.8) is 0 Å². The van der Waals surface area contributed by atoms with Gasteiger partial charge in [0.2, 0.25) is 0 Å². The Hall–Kier alpha value is -2.80. The molecular weight excluding hydrogens is 396 g/mol. The summed E-state index contributed by atoms with van der Waals surface area (Å²) in [5.41, 5.74) is 9.00. The number of urea groups is 1. The average Bonchev–Trinajstić information content (AvgIpc) is 2.98. The molecule has 1 heterocycles. The number of carbonyl (C=O) groups excluding carboxylic acids is 1. The molecule has 7 heteroatoms. The van der Waals surface area contributed by atoms with Crippen molar-refractivity contribution in [1.29, 1.82) is 0 Å². The molecule has 0 spiro atoms. The molecule has 2 amide bonds. The van der Waals surface area contributed by atoms with E-state index in [-0.39, 0.29) is 0 Å². The Labute approximate surface area is 160 Å². The molecule has 2 aromatic carbocycles. The van der Waals surface area contributed by atoms with Gasteiger partial charge in [-0.05, 0) is 45.8 Å². The summed E-state index contributed by atoms with van der Waals surface area (Å²) in [7, 11) is 3.48. The van der Waals surface area contributed by atoms with Gasteiger partial charge in [0.1, 0.15) is 11.4 Å². The van der Waals surface area contributed by atoms with Crippen LogP contribution in [0, 0.1) is 0 Å². The summed E-state index contributed by atoms with van der Waals surface area (Å²) in [6.45, 7) is 0.367. The van der Waals surface area contributed by atoms with Crippen molar-refractivity contribution in [3.8, 4) is 17.0 Å². The predicted octanol–water partition coefficient (Wildman–Crippen LogP) is 3.94. The first-order valence-corrected chi connectivity index (χ1v) is 8.76. The van der Waals surface area contributed by atoms with Crippen LogP contribution in [0.3, 0.4) is 0 Å². The second-order valence-electron chi connectivity index (χ2n) is 5.82. The maximum Gasteiger partial charge on any atom is 0.319 e. The van der Waals surface area contributed by atoms with Gasteiger partial charge in [0.05, 0.1) is 18.1 Å². The topological polar surface area (TPSA) is 73.4 Å². The van der Waals surface area contributed by atoms with Gasteiger partial charge in [0.15, 0.2) is 0 Å². The normalized spacial score (nSPS) is 10.6. The Balaban J connectivity index is 1.91. The molecule has 1 aromatic heterocycles. The van der Waals surface area contributed by atoms with Gasteiger partial charge >= 0.3 is 6.03 Å². The molecule has 0 saturated heterocycles. The average molecular weight is 415 g/mol. The standard InChI is InChI=1S/C19H19BrN4O2/c1-23-12-17(20)18(22-23)14-4-3-5-15(10-14)24(19(21)25)11-13-6-8-16(26-2)9-7-13/h3-10,12H,11H2,1-2H3,(H2,21,25). The van der Waals surface area contributed by atoms with E-state index in [0.29, 0.717) is 12.2 Å². The molecule has 0 unspecified atom stereocenters. The SMILES string of the molecule is COc1ccc(CN(C(N)=O)c2cccc(-c3nn(C)cc3Br)c2)cc1. The number of primary amides is 1. The second-order valence-corrected chi connectivity index (χ2v) is 6.68. The summed E-state index contributed by atoms with van der Waals surface area (Å²) in [6, 6.07) is 14.6. The van der Waals surface area contributed by atoms with Gasteiger partial charge in [-0.15, -0.1) is 0 Å². The van der Waals surface area contributed by atoms with Gasteiger partial charge in [-0.1, -0.05) is 24.3 Å². The summed E-state index contributed by atoms with van der Waals surface area (Å²) in [6.07, 6.45) is 1.88. The van der Waals surface area contributed by atoms with Crippen molar-refractivity contribution in [3.05, 3.63) is 64.8 Å². The van der Waals surface area contributed by atoms with Crippen LogP contribution in [0.25, 0.3) is 11.3 Å². The van der Waals surface area contributed by atoms with E-state index in [4.69, 9.17) is 10.5 Å². The van der Waals surface area contributed by atoms with E-state index >= 15 is 0 Å². The van der Waals surface area contributed by atoms with E-state index in [9.17, 15) is 4.79 Å². The van der Waals surface area contributed by atoms with Crippen molar-refractivity contribution in [1.82, 2.24) is 9.78 Å². The number of halogens is 1. The predicted molar refractivity (Wildman–Crippen MR) is 105 cm³/mol.